The maximum atomic E-state index is 15.1. The molecule has 23 heteroatoms. The lowest BCUT2D eigenvalue weighted by Crippen LogP contribution is -2.34. The molecule has 0 spiro atoms. The molecule has 334 valence electrons. The minimum Gasteiger partial charge on any atom is -0.394 e. The zero-order valence-corrected chi connectivity index (χ0v) is 35.5. The summed E-state index contributed by atoms with van der Waals surface area (Å²) in [6.07, 6.45) is -9.15. The van der Waals surface area contributed by atoms with Gasteiger partial charge in [0.25, 0.3) is 5.92 Å². The Kier molecular flexibility index (Phi) is 13.9. The lowest BCUT2D eigenvalue weighted by Gasteiger charge is -2.23. The van der Waals surface area contributed by atoms with Crippen molar-refractivity contribution < 1.29 is 57.1 Å². The number of hydrogen-bond donors (Lipinski definition) is 3. The van der Waals surface area contributed by atoms with Crippen LogP contribution in [0.2, 0.25) is 5.02 Å². The van der Waals surface area contributed by atoms with Gasteiger partial charge in [-0.1, -0.05) is 30.5 Å². The van der Waals surface area contributed by atoms with Crippen LogP contribution in [0.1, 0.15) is 50.2 Å². The molecule has 1 aliphatic rings. The van der Waals surface area contributed by atoms with E-state index in [0.717, 1.165) is 19.1 Å². The first kappa shape index (κ1) is 48.0. The fraction of sp³-hybridized carbons (Fsp3) is 0.385. The number of allylic oxidation sites excluding steroid dienone is 2. The number of amides is 1. The second kappa shape index (κ2) is 18.0. The van der Waals surface area contributed by atoms with Crippen LogP contribution in [0.3, 0.4) is 0 Å². The highest BCUT2D eigenvalue weighted by atomic mass is 35.5. The van der Waals surface area contributed by atoms with Crippen molar-refractivity contribution in [3.63, 3.8) is 0 Å². The van der Waals surface area contributed by atoms with Gasteiger partial charge in [0.15, 0.2) is 5.82 Å². The van der Waals surface area contributed by atoms with Crippen LogP contribution in [0.5, 0.6) is 0 Å². The number of fused-ring (bicyclic) bond motifs is 1. The topological polar surface area (TPSA) is 144 Å². The molecule has 0 bridgehead atoms. The normalized spacial score (nSPS) is 18.6. The van der Waals surface area contributed by atoms with E-state index in [2.05, 4.69) is 37.0 Å². The third-order valence-electron chi connectivity index (χ3n) is 9.50. The molecule has 1 saturated carbocycles. The minimum atomic E-state index is -5.22. The Bertz CT molecular complexity index is 2580. The average Bonchev–Trinajstić information content (AvgIpc) is 3.58. The van der Waals surface area contributed by atoms with Crippen LogP contribution >= 0.6 is 11.6 Å². The first-order valence-electron chi connectivity index (χ1n) is 18.1. The Labute approximate surface area is 357 Å². The molecule has 0 aliphatic heterocycles. The molecule has 1 aliphatic carbocycles. The predicted molar refractivity (Wildman–Crippen MR) is 216 cm³/mol. The van der Waals surface area contributed by atoms with Gasteiger partial charge in [-0.25, -0.2) is 18.0 Å². The maximum Gasteiger partial charge on any atom is 0.431 e. The fourth-order valence-corrected chi connectivity index (χ4v) is 7.50. The summed E-state index contributed by atoms with van der Waals surface area (Å²) < 4.78 is 169. The van der Waals surface area contributed by atoms with Crippen molar-refractivity contribution in [1.82, 2.24) is 20.1 Å². The Morgan fingerprint density at radius 3 is 2.26 bits per heavy atom. The summed E-state index contributed by atoms with van der Waals surface area (Å²) in [5, 5.41) is 6.23. The monoisotopic (exact) mass is 939 g/mol. The van der Waals surface area contributed by atoms with E-state index in [9.17, 15) is 48.3 Å². The van der Waals surface area contributed by atoms with Crippen molar-refractivity contribution in [2.45, 2.75) is 69.2 Å². The fourth-order valence-electron chi connectivity index (χ4n) is 6.65. The summed E-state index contributed by atoms with van der Waals surface area (Å²) in [5.41, 5.74) is 0.215. The molecule has 4 atom stereocenters. The zero-order chi connectivity index (χ0) is 46.3. The summed E-state index contributed by atoms with van der Waals surface area (Å²) in [4.78, 5) is 21.9. The number of rotatable bonds is 11. The summed E-state index contributed by atoms with van der Waals surface area (Å²) in [7, 11) is -3.37. The predicted octanol–water partition coefficient (Wildman–Crippen LogP) is 8.10. The van der Waals surface area contributed by atoms with Gasteiger partial charge in [0.05, 0.1) is 27.7 Å². The van der Waals surface area contributed by atoms with E-state index >= 15 is 8.78 Å². The number of carbonyl (C=O) groups is 1. The average molecular weight is 940 g/mol. The molecule has 2 aromatic heterocycles. The van der Waals surface area contributed by atoms with Crippen LogP contribution in [0.15, 0.2) is 58.7 Å². The van der Waals surface area contributed by atoms with Crippen molar-refractivity contribution in [3.8, 4) is 23.0 Å². The van der Waals surface area contributed by atoms with Crippen LogP contribution in [0, 0.1) is 29.4 Å². The number of carbonyl (C=O) groups excluding carboxylic acids is 1. The first-order chi connectivity index (χ1) is 28.6. The summed E-state index contributed by atoms with van der Waals surface area (Å²) in [6.45, 7) is 1.29. The van der Waals surface area contributed by atoms with Crippen LogP contribution in [0.25, 0.3) is 22.0 Å². The number of aromatic nitrogens is 3. The van der Waals surface area contributed by atoms with Crippen molar-refractivity contribution in [1.29, 1.82) is 0 Å². The molecule has 1 amide bonds. The number of benzene rings is 2. The van der Waals surface area contributed by atoms with Gasteiger partial charge in [-0.15, -0.1) is 0 Å². The van der Waals surface area contributed by atoms with Crippen molar-refractivity contribution in [2.75, 3.05) is 23.8 Å². The van der Waals surface area contributed by atoms with E-state index < -0.39 is 117 Å². The Balaban J connectivity index is 1.78. The highest BCUT2D eigenvalue weighted by molar-refractivity contribution is 7.86. The van der Waals surface area contributed by atoms with E-state index in [1.165, 1.54) is 36.8 Å². The van der Waals surface area contributed by atoms with Gasteiger partial charge in [-0.3, -0.25) is 23.4 Å². The second-order valence-electron chi connectivity index (χ2n) is 14.7. The van der Waals surface area contributed by atoms with Gasteiger partial charge in [-0.05, 0) is 68.0 Å². The molecule has 5 rings (SSSR count). The third-order valence-corrected chi connectivity index (χ3v) is 11.8. The minimum absolute atomic E-state index is 0.0594. The van der Waals surface area contributed by atoms with Crippen LogP contribution < -0.4 is 15.8 Å². The van der Waals surface area contributed by atoms with E-state index in [1.54, 1.807) is 13.8 Å². The Morgan fingerprint density at radius 2 is 1.68 bits per heavy atom. The number of pyridine rings is 1. The van der Waals surface area contributed by atoms with E-state index in [1.807, 2.05) is 0 Å². The summed E-state index contributed by atoms with van der Waals surface area (Å²) in [5.74, 6) is -3.40. The van der Waals surface area contributed by atoms with Gasteiger partial charge in [0.2, 0.25) is 5.91 Å². The zero-order valence-electron chi connectivity index (χ0n) is 33.1. The largest absolute Gasteiger partial charge is 0.431 e. The van der Waals surface area contributed by atoms with Gasteiger partial charge in [-0.2, -0.15) is 40.2 Å². The van der Waals surface area contributed by atoms with Gasteiger partial charge in [0, 0.05) is 52.5 Å². The van der Waals surface area contributed by atoms with Crippen molar-refractivity contribution >= 4 is 61.7 Å². The number of halogens is 11. The standard InChI is InChI=1S/C39H36ClF10N7O3S2/c1-19-16-37(43,44)34(29(19)33(51)39(48,49)50)52-17-28(58)54-27(14-20-12-21(41)15-22(42)13-20)31-24(7-6-23(53-31)10-11-36(2,3)61(4)59)25-8-9-26(40)30-32(25)57(18-38(45,46)47)55-35(30)56-62(5)60/h6-9,12-13,15,19,27H,14,16-18,51H2,1-5H3,(H,54,58)(H,55,56)/b33-29-,52-34?/t19-,27?,61?,62?/m0/s1. The smallest absolute Gasteiger partial charge is 0.394 e. The van der Waals surface area contributed by atoms with E-state index in [0.29, 0.717) is 10.7 Å². The van der Waals surface area contributed by atoms with Crippen molar-refractivity contribution in [2.24, 2.45) is 16.6 Å². The number of aliphatic imine (C=N–C) groups is 1. The molecular weight excluding hydrogens is 904 g/mol. The van der Waals surface area contributed by atoms with Gasteiger partial charge < -0.3 is 11.1 Å². The summed E-state index contributed by atoms with van der Waals surface area (Å²) >= 11 is 6.51. The molecule has 0 radical (unpaired) electrons. The van der Waals surface area contributed by atoms with Crippen molar-refractivity contribution in [3.05, 3.63) is 87.3 Å². The molecule has 62 heavy (non-hydrogen) atoms. The van der Waals surface area contributed by atoms with Gasteiger partial charge in [0.1, 0.15) is 57.6 Å². The van der Waals surface area contributed by atoms with Crippen LogP contribution in [-0.2, 0) is 39.5 Å². The molecule has 1 fully saturated rings. The van der Waals surface area contributed by atoms with Crippen LogP contribution in [-0.4, -0.2) is 76.9 Å². The SMILES string of the molecule is C[C@H]1CC(F)(F)C(=NCC(=O)NC(Cc2cc(F)cc(F)c2)c2nc(C#CC(C)(C)S(C)=O)ccc2-c2ccc(Cl)c3c(NS(C)=O)nn(CC(F)(F)F)c23)/C1=C(\N)C(F)(F)F. The number of nitrogens with two attached hydrogens (primary N) is 1. The van der Waals surface area contributed by atoms with Gasteiger partial charge >= 0.3 is 12.4 Å². The summed E-state index contributed by atoms with van der Waals surface area (Å²) in [6, 6.07) is 6.01. The third kappa shape index (κ3) is 11.1. The molecule has 2 heterocycles. The Hall–Kier alpha value is -5.01. The van der Waals surface area contributed by atoms with Crippen LogP contribution in [0.4, 0.5) is 49.7 Å². The number of alkyl halides is 8. The highest BCUT2D eigenvalue weighted by Gasteiger charge is 2.52. The first-order valence-corrected chi connectivity index (χ1v) is 21.6. The quantitative estimate of drug-likeness (QED) is 0.103. The number of anilines is 1. The molecule has 2 aromatic carbocycles. The number of hydrogen-bond acceptors (Lipinski definition) is 7. The molecule has 4 N–H and O–H groups in total. The number of nitrogens with zero attached hydrogens (tertiary/aromatic N) is 4. The molecule has 4 aromatic rings. The van der Waals surface area contributed by atoms with E-state index in [4.69, 9.17) is 17.3 Å². The second-order valence-corrected chi connectivity index (χ2v) is 18.2. The number of nitrogens with one attached hydrogen (secondary N) is 2. The molecule has 3 unspecified atom stereocenters. The lowest BCUT2D eigenvalue weighted by molar-refractivity contribution is -0.141. The lowest BCUT2D eigenvalue weighted by atomic mass is 9.93. The maximum absolute atomic E-state index is 15.1. The highest BCUT2D eigenvalue weighted by Crippen LogP contribution is 2.44. The molecule has 0 saturated heterocycles. The molecule has 10 nitrogen and oxygen atoms in total. The Morgan fingerprint density at radius 1 is 1.05 bits per heavy atom. The molecular formula is C39H36ClF10N7O3S2. The van der Waals surface area contributed by atoms with E-state index in [-0.39, 0.29) is 49.8 Å².